The van der Waals surface area contributed by atoms with E-state index in [1.807, 2.05) is 11.8 Å². The van der Waals surface area contributed by atoms with Crippen LogP contribution in [0.3, 0.4) is 0 Å². The van der Waals surface area contributed by atoms with E-state index in [1.165, 1.54) is 4.90 Å². The van der Waals surface area contributed by atoms with E-state index < -0.39 is 0 Å². The van der Waals surface area contributed by atoms with Gasteiger partial charge in [-0.3, -0.25) is 10.1 Å². The smallest absolute Gasteiger partial charge is 0.241 e. The number of methoxy groups -OCH3 is 1. The molecule has 3 unspecified atom stereocenters. The molecule has 5 heteroatoms. The summed E-state index contributed by atoms with van der Waals surface area (Å²) in [6.45, 7) is 4.58. The first kappa shape index (κ1) is 16.3. The molecule has 0 saturated carbocycles. The highest BCUT2D eigenvalue weighted by molar-refractivity contribution is 7.98. The number of carbonyl (C=O) groups is 1. The van der Waals surface area contributed by atoms with E-state index in [0.29, 0.717) is 6.61 Å². The third-order valence-corrected chi connectivity index (χ3v) is 4.71. The molecule has 1 amide bonds. The van der Waals surface area contributed by atoms with Gasteiger partial charge in [0, 0.05) is 12.0 Å². The topological polar surface area (TPSA) is 41.6 Å². The lowest BCUT2D eigenvalue weighted by atomic mass is 10.1. The van der Waals surface area contributed by atoms with E-state index in [2.05, 4.69) is 42.8 Å². The molecule has 116 valence electrons. The predicted molar refractivity (Wildman–Crippen MR) is 86.4 cm³/mol. The molecule has 0 radical (unpaired) electrons. The SMILES string of the molecule is CCC(COC)N1C(=O)C(C)NC1c1ccc(SC)cc1. The number of thioether (sulfide) groups is 1. The van der Waals surface area contributed by atoms with Crippen LogP contribution in [0.25, 0.3) is 0 Å². The molecule has 0 spiro atoms. The molecule has 0 aromatic heterocycles. The van der Waals surface area contributed by atoms with Gasteiger partial charge in [-0.15, -0.1) is 11.8 Å². The van der Waals surface area contributed by atoms with Crippen molar-refractivity contribution < 1.29 is 9.53 Å². The van der Waals surface area contributed by atoms with Crippen LogP contribution in [0.2, 0.25) is 0 Å². The lowest BCUT2D eigenvalue weighted by Gasteiger charge is -2.32. The molecule has 1 aromatic carbocycles. The molecule has 1 aliphatic rings. The fourth-order valence-electron chi connectivity index (χ4n) is 2.76. The fraction of sp³-hybridized carbons (Fsp3) is 0.562. The minimum atomic E-state index is -0.152. The number of hydrogen-bond acceptors (Lipinski definition) is 4. The number of hydrogen-bond donors (Lipinski definition) is 1. The standard InChI is InChI=1S/C16H24N2O2S/c1-5-13(10-20-3)18-15(17-11(2)16(18)19)12-6-8-14(21-4)9-7-12/h6-9,11,13,15,17H,5,10H2,1-4H3. The van der Waals surface area contributed by atoms with Crippen LogP contribution in [0.1, 0.15) is 32.0 Å². The van der Waals surface area contributed by atoms with Gasteiger partial charge < -0.3 is 9.64 Å². The fourth-order valence-corrected chi connectivity index (χ4v) is 3.17. The summed E-state index contributed by atoms with van der Waals surface area (Å²) in [4.78, 5) is 15.7. The summed E-state index contributed by atoms with van der Waals surface area (Å²) >= 11 is 1.72. The number of nitrogens with one attached hydrogen (secondary N) is 1. The summed E-state index contributed by atoms with van der Waals surface area (Å²) in [5.74, 6) is 0.151. The molecule has 4 nitrogen and oxygen atoms in total. The van der Waals surface area contributed by atoms with Gasteiger partial charge in [-0.25, -0.2) is 0 Å². The maximum Gasteiger partial charge on any atom is 0.241 e. The quantitative estimate of drug-likeness (QED) is 0.820. The van der Waals surface area contributed by atoms with Gasteiger partial charge in [0.2, 0.25) is 5.91 Å². The molecule has 3 atom stereocenters. The van der Waals surface area contributed by atoms with E-state index in [0.717, 1.165) is 12.0 Å². The molecule has 1 heterocycles. The van der Waals surface area contributed by atoms with Crippen LogP contribution in [0.15, 0.2) is 29.2 Å². The van der Waals surface area contributed by atoms with Crippen LogP contribution in [-0.4, -0.2) is 42.9 Å². The van der Waals surface area contributed by atoms with Gasteiger partial charge in [0.25, 0.3) is 0 Å². The average molecular weight is 308 g/mol. The first-order valence-electron chi connectivity index (χ1n) is 7.33. The molecule has 1 N–H and O–H groups in total. The van der Waals surface area contributed by atoms with Crippen molar-refractivity contribution in [1.82, 2.24) is 10.2 Å². The minimum absolute atomic E-state index is 0.0662. The summed E-state index contributed by atoms with van der Waals surface area (Å²) in [5, 5.41) is 3.39. The predicted octanol–water partition coefficient (Wildman–Crippen LogP) is 2.65. The molecular formula is C16H24N2O2S. The summed E-state index contributed by atoms with van der Waals surface area (Å²) in [6, 6.07) is 8.35. The van der Waals surface area contributed by atoms with Crippen LogP contribution in [0.4, 0.5) is 0 Å². The van der Waals surface area contributed by atoms with Crippen molar-refractivity contribution in [3.8, 4) is 0 Å². The second kappa shape index (κ2) is 7.29. The Labute approximate surface area is 131 Å². The molecule has 0 bridgehead atoms. The van der Waals surface area contributed by atoms with E-state index in [1.54, 1.807) is 18.9 Å². The van der Waals surface area contributed by atoms with Gasteiger partial charge in [-0.05, 0) is 37.3 Å². The largest absolute Gasteiger partial charge is 0.383 e. The van der Waals surface area contributed by atoms with Crippen molar-refractivity contribution in [2.75, 3.05) is 20.0 Å². The van der Waals surface area contributed by atoms with Crippen LogP contribution in [0.5, 0.6) is 0 Å². The third-order valence-electron chi connectivity index (χ3n) is 3.97. The molecular weight excluding hydrogens is 284 g/mol. The number of benzene rings is 1. The highest BCUT2D eigenvalue weighted by atomic mass is 32.2. The lowest BCUT2D eigenvalue weighted by molar-refractivity contribution is -0.133. The molecule has 1 aromatic rings. The third kappa shape index (κ3) is 3.42. The van der Waals surface area contributed by atoms with Crippen molar-refractivity contribution in [2.24, 2.45) is 0 Å². The maximum absolute atomic E-state index is 12.5. The number of ether oxygens (including phenoxy) is 1. The zero-order valence-corrected chi connectivity index (χ0v) is 13.9. The Bertz CT molecular complexity index is 478. The number of carbonyl (C=O) groups excluding carboxylic acids is 1. The lowest BCUT2D eigenvalue weighted by Crippen LogP contribution is -2.42. The average Bonchev–Trinajstić information content (AvgIpc) is 2.81. The zero-order valence-electron chi connectivity index (χ0n) is 13.1. The number of amides is 1. The van der Waals surface area contributed by atoms with Crippen LogP contribution >= 0.6 is 11.8 Å². The summed E-state index contributed by atoms with van der Waals surface area (Å²) in [5.41, 5.74) is 1.13. The zero-order chi connectivity index (χ0) is 15.4. The monoisotopic (exact) mass is 308 g/mol. The first-order valence-corrected chi connectivity index (χ1v) is 8.56. The Kier molecular flexibility index (Phi) is 5.67. The number of rotatable bonds is 6. The molecule has 21 heavy (non-hydrogen) atoms. The second-order valence-corrected chi connectivity index (χ2v) is 6.21. The Morgan fingerprint density at radius 2 is 2.05 bits per heavy atom. The molecule has 1 fully saturated rings. The minimum Gasteiger partial charge on any atom is -0.383 e. The van der Waals surface area contributed by atoms with Crippen molar-refractivity contribution >= 4 is 17.7 Å². The van der Waals surface area contributed by atoms with Crippen molar-refractivity contribution in [2.45, 2.75) is 43.4 Å². The summed E-state index contributed by atoms with van der Waals surface area (Å²) < 4.78 is 5.29. The number of nitrogens with zero attached hydrogens (tertiary/aromatic N) is 1. The van der Waals surface area contributed by atoms with Gasteiger partial charge in [-0.2, -0.15) is 0 Å². The van der Waals surface area contributed by atoms with Gasteiger partial charge in [0.05, 0.1) is 18.7 Å². The van der Waals surface area contributed by atoms with Crippen molar-refractivity contribution in [3.63, 3.8) is 0 Å². The van der Waals surface area contributed by atoms with Gasteiger partial charge in [0.15, 0.2) is 0 Å². The van der Waals surface area contributed by atoms with Gasteiger partial charge >= 0.3 is 0 Å². The summed E-state index contributed by atoms with van der Waals surface area (Å²) in [7, 11) is 1.68. The Hall–Kier alpha value is -1.04. The molecule has 1 aliphatic heterocycles. The van der Waals surface area contributed by atoms with Gasteiger partial charge in [-0.1, -0.05) is 19.1 Å². The Balaban J connectivity index is 2.27. The highest BCUT2D eigenvalue weighted by Crippen LogP contribution is 2.29. The van der Waals surface area contributed by atoms with E-state index >= 15 is 0 Å². The Morgan fingerprint density at radius 1 is 1.38 bits per heavy atom. The second-order valence-electron chi connectivity index (χ2n) is 5.33. The molecule has 2 rings (SSSR count). The highest BCUT2D eigenvalue weighted by Gasteiger charge is 2.40. The Morgan fingerprint density at radius 3 is 2.57 bits per heavy atom. The van der Waals surface area contributed by atoms with E-state index in [4.69, 9.17) is 4.74 Å². The van der Waals surface area contributed by atoms with Crippen LogP contribution in [-0.2, 0) is 9.53 Å². The van der Waals surface area contributed by atoms with E-state index in [-0.39, 0.29) is 24.2 Å². The van der Waals surface area contributed by atoms with Crippen molar-refractivity contribution in [1.29, 1.82) is 0 Å². The molecule has 1 saturated heterocycles. The maximum atomic E-state index is 12.5. The van der Waals surface area contributed by atoms with E-state index in [9.17, 15) is 4.79 Å². The van der Waals surface area contributed by atoms with Crippen LogP contribution in [0, 0.1) is 0 Å². The van der Waals surface area contributed by atoms with Crippen LogP contribution < -0.4 is 5.32 Å². The normalized spacial score (nSPS) is 23.6. The first-order chi connectivity index (χ1) is 10.1. The molecule has 0 aliphatic carbocycles. The van der Waals surface area contributed by atoms with Crippen molar-refractivity contribution in [3.05, 3.63) is 29.8 Å². The summed E-state index contributed by atoms with van der Waals surface area (Å²) in [6.07, 6.45) is 2.88. The van der Waals surface area contributed by atoms with Gasteiger partial charge in [0.1, 0.15) is 6.17 Å².